The van der Waals surface area contributed by atoms with E-state index in [4.69, 9.17) is 16.3 Å². The number of methoxy groups -OCH3 is 1. The van der Waals surface area contributed by atoms with Crippen LogP contribution in [0, 0.1) is 0 Å². The van der Waals surface area contributed by atoms with Crippen molar-refractivity contribution in [3.8, 4) is 5.75 Å². The van der Waals surface area contributed by atoms with Crippen LogP contribution in [0.1, 0.15) is 0 Å². The predicted molar refractivity (Wildman–Crippen MR) is 68.7 cm³/mol. The highest BCUT2D eigenvalue weighted by molar-refractivity contribution is 9.13. The lowest BCUT2D eigenvalue weighted by Crippen LogP contribution is -1.89. The number of halogens is 3. The van der Waals surface area contributed by atoms with Crippen molar-refractivity contribution in [2.24, 2.45) is 0 Å². The van der Waals surface area contributed by atoms with E-state index in [2.05, 4.69) is 36.8 Å². The van der Waals surface area contributed by atoms with Crippen LogP contribution in [-0.2, 0) is 0 Å². The van der Waals surface area contributed by atoms with Crippen molar-refractivity contribution in [2.75, 3.05) is 7.11 Å². The molecule has 0 saturated heterocycles. The van der Waals surface area contributed by atoms with Crippen molar-refractivity contribution in [1.29, 1.82) is 0 Å². The van der Waals surface area contributed by atoms with E-state index < -0.39 is 0 Å². The minimum atomic E-state index is 0.625. The highest BCUT2D eigenvalue weighted by atomic mass is 79.9. The maximum Gasteiger partial charge on any atom is 0.146 e. The first kappa shape index (κ1) is 11.2. The molecule has 0 amide bonds. The van der Waals surface area contributed by atoms with Crippen molar-refractivity contribution in [1.82, 2.24) is 4.98 Å². The van der Waals surface area contributed by atoms with Crippen LogP contribution in [0.25, 0.3) is 10.9 Å². The molecule has 1 aromatic carbocycles. The first-order valence-electron chi connectivity index (χ1n) is 4.10. The number of benzene rings is 1. The van der Waals surface area contributed by atoms with E-state index in [-0.39, 0.29) is 0 Å². The molecule has 0 spiro atoms. The number of hydrogen-bond acceptors (Lipinski definition) is 2. The first-order chi connectivity index (χ1) is 7.13. The zero-order valence-electron chi connectivity index (χ0n) is 7.72. The Labute approximate surface area is 109 Å². The fourth-order valence-electron chi connectivity index (χ4n) is 1.34. The molecule has 0 atom stereocenters. The van der Waals surface area contributed by atoms with E-state index in [1.807, 2.05) is 6.07 Å². The van der Waals surface area contributed by atoms with Gasteiger partial charge < -0.3 is 4.74 Å². The molecule has 2 aromatic rings. The zero-order valence-corrected chi connectivity index (χ0v) is 11.6. The first-order valence-corrected chi connectivity index (χ1v) is 6.07. The lowest BCUT2D eigenvalue weighted by Gasteiger charge is -2.07. The van der Waals surface area contributed by atoms with Crippen molar-refractivity contribution in [3.05, 3.63) is 32.3 Å². The second kappa shape index (κ2) is 4.28. The van der Waals surface area contributed by atoms with E-state index in [1.54, 1.807) is 19.4 Å². The molecule has 0 bridgehead atoms. The molecule has 0 unspecified atom stereocenters. The molecule has 78 valence electrons. The Balaban J connectivity index is 2.89. The Kier molecular flexibility index (Phi) is 3.19. The van der Waals surface area contributed by atoms with E-state index in [9.17, 15) is 0 Å². The Morgan fingerprint density at radius 3 is 2.73 bits per heavy atom. The molecule has 0 aliphatic heterocycles. The third-order valence-corrected chi connectivity index (χ3v) is 4.22. The lowest BCUT2D eigenvalue weighted by atomic mass is 10.2. The van der Waals surface area contributed by atoms with Gasteiger partial charge in [-0.05, 0) is 37.9 Å². The molecule has 5 heteroatoms. The largest absolute Gasteiger partial charge is 0.494 e. The van der Waals surface area contributed by atoms with Crippen molar-refractivity contribution < 1.29 is 4.74 Å². The summed E-state index contributed by atoms with van der Waals surface area (Å²) in [5.74, 6) is 0.672. The van der Waals surface area contributed by atoms with Crippen LogP contribution >= 0.6 is 43.5 Å². The van der Waals surface area contributed by atoms with Gasteiger partial charge in [-0.1, -0.05) is 11.6 Å². The van der Waals surface area contributed by atoms with Crippen LogP contribution in [0.3, 0.4) is 0 Å². The summed E-state index contributed by atoms with van der Waals surface area (Å²) >= 11 is 12.9. The molecule has 0 aliphatic rings. The summed E-state index contributed by atoms with van der Waals surface area (Å²) in [6.07, 6.45) is 1.73. The normalized spacial score (nSPS) is 10.7. The van der Waals surface area contributed by atoms with Crippen LogP contribution in [0.4, 0.5) is 0 Å². The maximum atomic E-state index is 5.98. The van der Waals surface area contributed by atoms with Crippen LogP contribution < -0.4 is 4.74 Å². The van der Waals surface area contributed by atoms with Gasteiger partial charge in [0.1, 0.15) is 11.3 Å². The summed E-state index contributed by atoms with van der Waals surface area (Å²) in [6.45, 7) is 0. The molecule has 0 aliphatic carbocycles. The van der Waals surface area contributed by atoms with Gasteiger partial charge >= 0.3 is 0 Å². The van der Waals surface area contributed by atoms with Crippen LogP contribution in [0.2, 0.25) is 5.02 Å². The van der Waals surface area contributed by atoms with E-state index in [0.29, 0.717) is 10.8 Å². The number of hydrogen-bond donors (Lipinski definition) is 0. The summed E-state index contributed by atoms with van der Waals surface area (Å²) in [7, 11) is 1.60. The minimum Gasteiger partial charge on any atom is -0.494 e. The lowest BCUT2D eigenvalue weighted by molar-refractivity contribution is 0.419. The second-order valence-corrected chi connectivity index (χ2v) is 5.01. The highest BCUT2D eigenvalue weighted by Gasteiger charge is 2.10. The third-order valence-electron chi connectivity index (χ3n) is 2.01. The van der Waals surface area contributed by atoms with Gasteiger partial charge in [-0.15, -0.1) is 0 Å². The monoisotopic (exact) mass is 349 g/mol. The van der Waals surface area contributed by atoms with Crippen LogP contribution in [0.15, 0.2) is 27.3 Å². The maximum absolute atomic E-state index is 5.98. The molecular weight excluding hydrogens is 345 g/mol. The molecule has 2 rings (SSSR count). The Hall–Kier alpha value is -0.320. The number of pyridine rings is 1. The third kappa shape index (κ3) is 1.98. The summed E-state index contributed by atoms with van der Waals surface area (Å²) in [5.41, 5.74) is 0.789. The standard InChI is InChI=1S/C10H6Br2ClNO/c1-15-8-3-5(13)2-6-9(12)7(11)4-14-10(6)8/h2-4H,1H3. The highest BCUT2D eigenvalue weighted by Crippen LogP contribution is 2.36. The molecule has 0 fully saturated rings. The van der Waals surface area contributed by atoms with E-state index in [0.717, 1.165) is 19.8 Å². The Morgan fingerprint density at radius 2 is 2.07 bits per heavy atom. The summed E-state index contributed by atoms with van der Waals surface area (Å²) in [6, 6.07) is 3.60. The molecule has 15 heavy (non-hydrogen) atoms. The van der Waals surface area contributed by atoms with Gasteiger partial charge in [0.2, 0.25) is 0 Å². The molecule has 2 nitrogen and oxygen atoms in total. The van der Waals surface area contributed by atoms with Gasteiger partial charge in [0.05, 0.1) is 11.6 Å². The molecule has 1 heterocycles. The van der Waals surface area contributed by atoms with E-state index in [1.165, 1.54) is 0 Å². The number of nitrogens with zero attached hydrogens (tertiary/aromatic N) is 1. The van der Waals surface area contributed by atoms with E-state index >= 15 is 0 Å². The second-order valence-electron chi connectivity index (χ2n) is 2.92. The van der Waals surface area contributed by atoms with Gasteiger partial charge in [0, 0.05) is 27.1 Å². The smallest absolute Gasteiger partial charge is 0.146 e. The summed E-state index contributed by atoms with van der Waals surface area (Å²) in [4.78, 5) is 4.29. The number of fused-ring (bicyclic) bond motifs is 1. The van der Waals surface area contributed by atoms with Gasteiger partial charge in [0.25, 0.3) is 0 Å². The minimum absolute atomic E-state index is 0.625. The van der Waals surface area contributed by atoms with Crippen molar-refractivity contribution in [2.45, 2.75) is 0 Å². The zero-order chi connectivity index (χ0) is 11.0. The van der Waals surface area contributed by atoms with Gasteiger partial charge in [0.15, 0.2) is 0 Å². The molecule has 0 radical (unpaired) electrons. The average Bonchev–Trinajstić information content (AvgIpc) is 2.23. The Morgan fingerprint density at radius 1 is 1.33 bits per heavy atom. The SMILES string of the molecule is COc1cc(Cl)cc2c(Br)c(Br)cnc12. The fourth-order valence-corrected chi connectivity index (χ4v) is 2.27. The van der Waals surface area contributed by atoms with Crippen LogP contribution in [0.5, 0.6) is 5.75 Å². The van der Waals surface area contributed by atoms with Gasteiger partial charge in [-0.2, -0.15) is 0 Å². The molecule has 0 saturated carbocycles. The molecule has 1 aromatic heterocycles. The number of aromatic nitrogens is 1. The predicted octanol–water partition coefficient (Wildman–Crippen LogP) is 4.42. The Bertz CT molecular complexity index is 530. The number of ether oxygens (including phenoxy) is 1. The average molecular weight is 351 g/mol. The molecule has 0 N–H and O–H groups in total. The van der Waals surface area contributed by atoms with Crippen molar-refractivity contribution >= 4 is 54.4 Å². The van der Waals surface area contributed by atoms with Gasteiger partial charge in [-0.3, -0.25) is 4.98 Å². The quantitative estimate of drug-likeness (QED) is 0.759. The molecular formula is C10H6Br2ClNO. The van der Waals surface area contributed by atoms with Gasteiger partial charge in [-0.25, -0.2) is 0 Å². The summed E-state index contributed by atoms with van der Waals surface area (Å²) in [5, 5.41) is 1.55. The van der Waals surface area contributed by atoms with Crippen LogP contribution in [-0.4, -0.2) is 12.1 Å². The topological polar surface area (TPSA) is 22.1 Å². The van der Waals surface area contributed by atoms with Crippen molar-refractivity contribution in [3.63, 3.8) is 0 Å². The summed E-state index contributed by atoms with van der Waals surface area (Å²) < 4.78 is 7.03. The number of rotatable bonds is 1. The fraction of sp³-hybridized carbons (Fsp3) is 0.100.